The molecule has 3 aromatic heterocycles. The molecule has 3 aromatic carbocycles. The molecule has 5 amide bonds. The summed E-state index contributed by atoms with van der Waals surface area (Å²) < 4.78 is 12.0. The number of allylic oxidation sites excluding steroid dienone is 1. The number of ether oxygens (including phenoxy) is 2. The van der Waals surface area contributed by atoms with Crippen molar-refractivity contribution in [2.75, 3.05) is 49.1 Å². The number of carbonyl (C=O) groups excluding carboxylic acids is 5. The molecule has 70 heavy (non-hydrogen) atoms. The summed E-state index contributed by atoms with van der Waals surface area (Å²) in [6, 6.07) is 16.6. The Balaban J connectivity index is 0.00000121. The highest BCUT2D eigenvalue weighted by atomic mass is 16.5. The molecule has 0 bridgehead atoms. The van der Waals surface area contributed by atoms with E-state index in [4.69, 9.17) is 9.47 Å². The molecule has 362 valence electrons. The highest BCUT2D eigenvalue weighted by molar-refractivity contribution is 6.10. The number of pyridine rings is 3. The Kier molecular flexibility index (Phi) is 17.4. The first-order valence-electron chi connectivity index (χ1n) is 20.8. The molecule has 0 aliphatic rings. The number of fused-ring (bicyclic) bond motifs is 1. The molecule has 0 unspecified atom stereocenters. The molecule has 0 aliphatic heterocycles. The summed E-state index contributed by atoms with van der Waals surface area (Å²) in [6.07, 6.45) is 6.21. The van der Waals surface area contributed by atoms with E-state index < -0.39 is 64.5 Å². The predicted molar refractivity (Wildman–Crippen MR) is 257 cm³/mol. The number of aromatic carboxylic acids is 1. The van der Waals surface area contributed by atoms with Crippen LogP contribution in [0.2, 0.25) is 0 Å². The lowest BCUT2D eigenvalue weighted by Crippen LogP contribution is -2.32. The fourth-order valence-electron chi connectivity index (χ4n) is 6.39. The molecule has 0 saturated carbocycles. The summed E-state index contributed by atoms with van der Waals surface area (Å²) in [6.45, 7) is 5.64. The van der Waals surface area contributed by atoms with Crippen LogP contribution < -0.4 is 46.9 Å². The highest BCUT2D eigenvalue weighted by Crippen LogP contribution is 2.40. The Morgan fingerprint density at radius 3 is 1.94 bits per heavy atom. The van der Waals surface area contributed by atoms with Crippen molar-refractivity contribution >= 4 is 69.3 Å². The van der Waals surface area contributed by atoms with Gasteiger partial charge in [-0.1, -0.05) is 11.3 Å². The Labute approximate surface area is 398 Å². The number of nitrogens with zero attached hydrogens (tertiary/aromatic N) is 5. The first-order valence-corrected chi connectivity index (χ1v) is 20.8. The van der Waals surface area contributed by atoms with Crippen LogP contribution in [0.5, 0.6) is 23.0 Å². The Morgan fingerprint density at radius 1 is 0.743 bits per heavy atom. The summed E-state index contributed by atoms with van der Waals surface area (Å²) >= 11 is 0. The van der Waals surface area contributed by atoms with Gasteiger partial charge in [-0.05, 0) is 93.6 Å². The van der Waals surface area contributed by atoms with E-state index in [1.165, 1.54) is 74.1 Å². The number of hydrogen-bond acceptors (Lipinski definition) is 15. The van der Waals surface area contributed by atoms with Crippen LogP contribution in [0.4, 0.5) is 22.7 Å². The molecule has 23 nitrogen and oxygen atoms in total. The summed E-state index contributed by atoms with van der Waals surface area (Å²) in [4.78, 5) is 97.6. The second kappa shape index (κ2) is 23.7. The van der Waals surface area contributed by atoms with Gasteiger partial charge in [0.1, 0.15) is 22.5 Å². The zero-order valence-corrected chi connectivity index (χ0v) is 38.4. The molecule has 0 radical (unpaired) electrons. The fourth-order valence-corrected chi connectivity index (χ4v) is 6.39. The molecule has 23 heteroatoms. The van der Waals surface area contributed by atoms with Crippen molar-refractivity contribution < 1.29 is 53.6 Å². The van der Waals surface area contributed by atoms with Gasteiger partial charge in [0, 0.05) is 35.9 Å². The van der Waals surface area contributed by atoms with Crippen molar-refractivity contribution in [3.05, 3.63) is 141 Å². The first-order chi connectivity index (χ1) is 33.5. The van der Waals surface area contributed by atoms with E-state index in [0.717, 1.165) is 18.9 Å². The molecule has 3 heterocycles. The number of carbonyl (C=O) groups is 6. The van der Waals surface area contributed by atoms with E-state index in [1.807, 2.05) is 26.8 Å². The molecule has 0 fully saturated rings. The van der Waals surface area contributed by atoms with Gasteiger partial charge >= 0.3 is 5.97 Å². The lowest BCUT2D eigenvalue weighted by Gasteiger charge is -2.16. The van der Waals surface area contributed by atoms with E-state index in [9.17, 15) is 48.9 Å². The minimum atomic E-state index is -1.42. The van der Waals surface area contributed by atoms with Crippen LogP contribution in [0.25, 0.3) is 11.0 Å². The highest BCUT2D eigenvalue weighted by Gasteiger charge is 2.24. The predicted octanol–water partition coefficient (Wildman–Crippen LogP) is 5.48. The lowest BCUT2D eigenvalue weighted by atomic mass is 10.1. The normalized spacial score (nSPS) is 10.7. The van der Waals surface area contributed by atoms with E-state index in [0.29, 0.717) is 23.3 Å². The molecule has 0 aliphatic carbocycles. The third-order valence-electron chi connectivity index (χ3n) is 9.78. The van der Waals surface area contributed by atoms with Crippen molar-refractivity contribution in [3.63, 3.8) is 0 Å². The number of carboxylic acids is 1. The number of hydrogen-bond donors (Lipinski definition) is 9. The van der Waals surface area contributed by atoms with E-state index in [-0.39, 0.29) is 50.9 Å². The number of carboxylic acid groups (broad SMARTS) is 1. The number of benzene rings is 3. The van der Waals surface area contributed by atoms with Gasteiger partial charge in [-0.15, -0.1) is 0 Å². The van der Waals surface area contributed by atoms with Gasteiger partial charge in [0.2, 0.25) is 11.3 Å². The van der Waals surface area contributed by atoms with Crippen LogP contribution in [0.3, 0.4) is 0 Å². The average molecular weight is 958 g/mol. The third-order valence-corrected chi connectivity index (χ3v) is 9.78. The number of phenols is 2. The number of methoxy groups -OCH3 is 2. The zero-order valence-electron chi connectivity index (χ0n) is 38.4. The Hall–Kier alpha value is -9.67. The first kappa shape index (κ1) is 51.3. The van der Waals surface area contributed by atoms with Crippen molar-refractivity contribution in [1.29, 1.82) is 0 Å². The Morgan fingerprint density at radius 2 is 1.36 bits per heavy atom. The average Bonchev–Trinajstić information content (AvgIpc) is 3.34. The molecule has 6 rings (SSSR count). The maximum absolute atomic E-state index is 13.1. The minimum absolute atomic E-state index is 0.0385. The quantitative estimate of drug-likeness (QED) is 0.0429. The standard InChI is InChI=1S/C43H38N8O12.C4H9N3/c1-5-51-20-28(33(53)25-12-6-21(2)46-38(25)51)41(58)48-23-9-7-22(8-10-23)39(56)45-19-32(52)47-24-11-15-31(44-18-24)42(59)50-30-16-13-26(34(54)36(30)62-3)40(57)49-29-17-14-27(43(60)61)35(55)37(29)63-4;1-3-4-6-7-5-2/h6-18,20,54-55H,5,19H2,1-4H3,(H,45,56)(H,47,52)(H,48,58)(H,49,57)(H,50,59)(H,60,61);3-4H,1-2H3,(H,5,6)/b;4-3+. The number of aromatic nitrogens is 3. The SMILES string of the molecule is C/C=C/NN=NC.CCn1cc(C(=O)Nc2ccc(C(=O)NCC(=O)Nc3ccc(C(=O)Nc4ccc(C(=O)Nc5ccc(C(=O)O)c(O)c5OC)c(O)c4OC)nc3)cc2)c(=O)c2ccc(C)nc21. The minimum Gasteiger partial charge on any atom is -0.504 e. The number of amides is 5. The topological polar surface area (TPSA) is 326 Å². The Bertz CT molecular complexity index is 3070. The molecule has 6 aromatic rings. The van der Waals surface area contributed by atoms with Gasteiger partial charge in [0.15, 0.2) is 23.0 Å². The van der Waals surface area contributed by atoms with Gasteiger partial charge in [-0.25, -0.2) is 14.8 Å². The number of phenolic OH excluding ortho intramolecular Hbond substituents is 1. The fraction of sp³-hybridized carbons (Fsp3) is 0.170. The van der Waals surface area contributed by atoms with Crippen molar-refractivity contribution in [2.45, 2.75) is 27.3 Å². The molecule has 0 saturated heterocycles. The molecule has 9 N–H and O–H groups in total. The third kappa shape index (κ3) is 12.4. The number of anilines is 4. The van der Waals surface area contributed by atoms with Crippen LogP contribution >= 0.6 is 0 Å². The van der Waals surface area contributed by atoms with Gasteiger partial charge in [-0.3, -0.25) is 34.2 Å². The summed E-state index contributed by atoms with van der Waals surface area (Å²) in [7, 11) is 3.95. The van der Waals surface area contributed by atoms with E-state index in [2.05, 4.69) is 52.3 Å². The van der Waals surface area contributed by atoms with Crippen LogP contribution in [-0.2, 0) is 11.3 Å². The molecular weight excluding hydrogens is 911 g/mol. The molecule has 0 atom stereocenters. The van der Waals surface area contributed by atoms with Gasteiger partial charge < -0.3 is 55.9 Å². The van der Waals surface area contributed by atoms with Gasteiger partial charge in [-0.2, -0.15) is 5.11 Å². The van der Waals surface area contributed by atoms with E-state index in [1.54, 1.807) is 29.9 Å². The van der Waals surface area contributed by atoms with Crippen molar-refractivity contribution in [3.8, 4) is 23.0 Å². The van der Waals surface area contributed by atoms with Gasteiger partial charge in [0.25, 0.3) is 23.6 Å². The van der Waals surface area contributed by atoms with Gasteiger partial charge in [0.05, 0.1) is 62.0 Å². The summed E-state index contributed by atoms with van der Waals surface area (Å²) in [5.74, 6) is -6.88. The second-order valence-electron chi connectivity index (χ2n) is 14.4. The smallest absolute Gasteiger partial charge is 0.339 e. The molecular formula is C47H47N11O12. The van der Waals surface area contributed by atoms with Crippen LogP contribution in [0, 0.1) is 6.92 Å². The summed E-state index contributed by atoms with van der Waals surface area (Å²) in [5.41, 5.74) is 2.95. The monoisotopic (exact) mass is 957 g/mol. The van der Waals surface area contributed by atoms with Crippen LogP contribution in [-0.4, -0.2) is 93.2 Å². The largest absolute Gasteiger partial charge is 0.504 e. The number of nitrogens with one attached hydrogen (secondary N) is 6. The molecule has 0 spiro atoms. The lowest BCUT2D eigenvalue weighted by molar-refractivity contribution is -0.115. The summed E-state index contributed by atoms with van der Waals surface area (Å²) in [5, 5.41) is 50.3. The van der Waals surface area contributed by atoms with Crippen molar-refractivity contribution in [1.82, 2.24) is 25.3 Å². The van der Waals surface area contributed by atoms with Crippen LogP contribution in [0.1, 0.15) is 71.5 Å². The zero-order chi connectivity index (χ0) is 51.1. The maximum atomic E-state index is 13.1. The number of aryl methyl sites for hydroxylation is 2. The number of rotatable bonds is 16. The second-order valence-corrected chi connectivity index (χ2v) is 14.4. The maximum Gasteiger partial charge on any atom is 0.339 e. The van der Waals surface area contributed by atoms with Crippen LogP contribution in [0.15, 0.2) is 113 Å². The number of aromatic hydroxyl groups is 2. The van der Waals surface area contributed by atoms with Crippen molar-refractivity contribution in [2.24, 2.45) is 10.3 Å². The van der Waals surface area contributed by atoms with E-state index >= 15 is 0 Å².